The minimum absolute atomic E-state index is 0.144. The van der Waals surface area contributed by atoms with E-state index in [4.69, 9.17) is 5.11 Å². The Morgan fingerprint density at radius 3 is 2.29 bits per heavy atom. The molecule has 114 valence electrons. The van der Waals surface area contributed by atoms with E-state index in [9.17, 15) is 14.4 Å². The summed E-state index contributed by atoms with van der Waals surface area (Å²) in [4.78, 5) is 34.5. The van der Waals surface area contributed by atoms with Crippen LogP contribution in [0.25, 0.3) is 0 Å². The fourth-order valence-corrected chi connectivity index (χ4v) is 1.79. The maximum Gasteiger partial charge on any atom is 0.326 e. The van der Waals surface area contributed by atoms with E-state index in [-0.39, 0.29) is 18.4 Å². The average molecular weight is 292 g/mol. The lowest BCUT2D eigenvalue weighted by Gasteiger charge is -2.16. The van der Waals surface area contributed by atoms with Gasteiger partial charge in [0.2, 0.25) is 5.91 Å². The molecule has 1 aromatic rings. The lowest BCUT2D eigenvalue weighted by molar-refractivity contribution is -0.142. The van der Waals surface area contributed by atoms with Crippen molar-refractivity contribution in [2.24, 2.45) is 5.92 Å². The molecule has 0 saturated carbocycles. The quantitative estimate of drug-likeness (QED) is 0.699. The number of carboxylic acid groups (broad SMARTS) is 1. The number of carbonyl (C=O) groups is 3. The minimum Gasteiger partial charge on any atom is -0.480 e. The summed E-state index contributed by atoms with van der Waals surface area (Å²) < 4.78 is 0. The van der Waals surface area contributed by atoms with Gasteiger partial charge in [-0.25, -0.2) is 4.79 Å². The molecular weight excluding hydrogens is 272 g/mol. The average Bonchev–Trinajstić information content (AvgIpc) is 2.44. The number of rotatable bonds is 7. The zero-order chi connectivity index (χ0) is 15.8. The van der Waals surface area contributed by atoms with Gasteiger partial charge in [0, 0.05) is 5.56 Å². The number of hydrogen-bond donors (Lipinski definition) is 3. The molecule has 6 nitrogen and oxygen atoms in total. The van der Waals surface area contributed by atoms with Gasteiger partial charge >= 0.3 is 5.97 Å². The maximum atomic E-state index is 11.7. The van der Waals surface area contributed by atoms with Crippen molar-refractivity contribution >= 4 is 17.8 Å². The molecular formula is C15H20N2O4. The number of carboxylic acids is 1. The van der Waals surface area contributed by atoms with Crippen molar-refractivity contribution in [2.45, 2.75) is 26.3 Å². The molecule has 0 unspecified atom stereocenters. The molecule has 0 heterocycles. The highest BCUT2D eigenvalue weighted by molar-refractivity contribution is 5.96. The molecule has 0 aliphatic carbocycles. The van der Waals surface area contributed by atoms with Gasteiger partial charge in [0.1, 0.15) is 6.04 Å². The summed E-state index contributed by atoms with van der Waals surface area (Å²) in [6.45, 7) is 3.49. The number of aliphatic carboxylic acids is 1. The fourth-order valence-electron chi connectivity index (χ4n) is 1.79. The Balaban J connectivity index is 2.46. The third-order valence-electron chi connectivity index (χ3n) is 2.79. The molecule has 3 N–H and O–H groups in total. The van der Waals surface area contributed by atoms with Crippen LogP contribution in [0.3, 0.4) is 0 Å². The first kappa shape index (κ1) is 16.7. The fraction of sp³-hybridized carbons (Fsp3) is 0.400. The maximum absolute atomic E-state index is 11.7. The van der Waals surface area contributed by atoms with Crippen molar-refractivity contribution in [1.82, 2.24) is 10.6 Å². The van der Waals surface area contributed by atoms with Crippen LogP contribution in [0.5, 0.6) is 0 Å². The van der Waals surface area contributed by atoms with Crippen molar-refractivity contribution in [3.63, 3.8) is 0 Å². The van der Waals surface area contributed by atoms with Gasteiger partial charge in [-0.3, -0.25) is 9.59 Å². The first-order chi connectivity index (χ1) is 9.90. The first-order valence-corrected chi connectivity index (χ1v) is 6.75. The van der Waals surface area contributed by atoms with Crippen molar-refractivity contribution in [3.05, 3.63) is 35.9 Å². The van der Waals surface area contributed by atoms with E-state index in [0.717, 1.165) is 0 Å². The summed E-state index contributed by atoms with van der Waals surface area (Å²) in [6.07, 6.45) is 0.341. The highest BCUT2D eigenvalue weighted by Gasteiger charge is 2.21. The van der Waals surface area contributed by atoms with Crippen LogP contribution in [0.2, 0.25) is 0 Å². The van der Waals surface area contributed by atoms with Gasteiger partial charge in [-0.05, 0) is 24.5 Å². The first-order valence-electron chi connectivity index (χ1n) is 6.75. The SMILES string of the molecule is CC(C)C[C@H](NC(=O)CNC(=O)c1ccccc1)C(=O)O. The predicted molar refractivity (Wildman–Crippen MR) is 77.8 cm³/mol. The van der Waals surface area contributed by atoms with E-state index >= 15 is 0 Å². The Labute approximate surface area is 123 Å². The summed E-state index contributed by atoms with van der Waals surface area (Å²) in [5.41, 5.74) is 0.447. The van der Waals surface area contributed by atoms with E-state index < -0.39 is 17.9 Å². The predicted octanol–water partition coefficient (Wildman–Crippen LogP) is 1.03. The van der Waals surface area contributed by atoms with E-state index in [0.29, 0.717) is 12.0 Å². The van der Waals surface area contributed by atoms with Crippen LogP contribution in [0, 0.1) is 5.92 Å². The lowest BCUT2D eigenvalue weighted by Crippen LogP contribution is -2.46. The molecule has 0 aromatic heterocycles. The van der Waals surface area contributed by atoms with Gasteiger partial charge in [0.05, 0.1) is 6.54 Å². The summed E-state index contributed by atoms with van der Waals surface area (Å²) in [7, 11) is 0. The monoisotopic (exact) mass is 292 g/mol. The molecule has 1 aromatic carbocycles. The van der Waals surface area contributed by atoms with Crippen LogP contribution in [0.15, 0.2) is 30.3 Å². The molecule has 1 atom stereocenters. The van der Waals surface area contributed by atoms with Gasteiger partial charge in [0.25, 0.3) is 5.91 Å². The topological polar surface area (TPSA) is 95.5 Å². The third-order valence-corrected chi connectivity index (χ3v) is 2.79. The second-order valence-corrected chi connectivity index (χ2v) is 5.14. The lowest BCUT2D eigenvalue weighted by atomic mass is 10.0. The zero-order valence-corrected chi connectivity index (χ0v) is 12.1. The normalized spacial score (nSPS) is 11.8. The summed E-state index contributed by atoms with van der Waals surface area (Å²) in [5.74, 6) is -1.83. The van der Waals surface area contributed by atoms with E-state index in [2.05, 4.69) is 10.6 Å². The van der Waals surface area contributed by atoms with Crippen molar-refractivity contribution in [1.29, 1.82) is 0 Å². The van der Waals surface area contributed by atoms with Gasteiger partial charge in [-0.2, -0.15) is 0 Å². The zero-order valence-electron chi connectivity index (χ0n) is 12.1. The van der Waals surface area contributed by atoms with Crippen LogP contribution in [0.4, 0.5) is 0 Å². The Kier molecular flexibility index (Phi) is 6.39. The molecule has 2 amide bonds. The Hall–Kier alpha value is -2.37. The number of carbonyl (C=O) groups excluding carboxylic acids is 2. The van der Waals surface area contributed by atoms with Gasteiger partial charge in [0.15, 0.2) is 0 Å². The molecule has 0 bridgehead atoms. The van der Waals surface area contributed by atoms with Gasteiger partial charge in [-0.15, -0.1) is 0 Å². The van der Waals surface area contributed by atoms with Crippen LogP contribution in [0.1, 0.15) is 30.6 Å². The highest BCUT2D eigenvalue weighted by Crippen LogP contribution is 2.04. The Bertz CT molecular complexity index is 500. The smallest absolute Gasteiger partial charge is 0.326 e. The molecule has 0 saturated heterocycles. The Morgan fingerprint density at radius 1 is 1.14 bits per heavy atom. The number of hydrogen-bond acceptors (Lipinski definition) is 3. The highest BCUT2D eigenvalue weighted by atomic mass is 16.4. The van der Waals surface area contributed by atoms with Gasteiger partial charge < -0.3 is 15.7 Å². The van der Waals surface area contributed by atoms with Crippen LogP contribution in [-0.2, 0) is 9.59 Å². The minimum atomic E-state index is -1.08. The molecule has 6 heteroatoms. The second-order valence-electron chi connectivity index (χ2n) is 5.14. The molecule has 1 rings (SSSR count). The van der Waals surface area contributed by atoms with Gasteiger partial charge in [-0.1, -0.05) is 32.0 Å². The van der Waals surface area contributed by atoms with Crippen LogP contribution < -0.4 is 10.6 Å². The summed E-state index contributed by atoms with van der Waals surface area (Å²) >= 11 is 0. The molecule has 0 fully saturated rings. The molecule has 0 spiro atoms. The van der Waals surface area contributed by atoms with Crippen molar-refractivity contribution in [3.8, 4) is 0 Å². The van der Waals surface area contributed by atoms with Crippen LogP contribution >= 0.6 is 0 Å². The number of benzene rings is 1. The third kappa shape index (κ3) is 6.07. The van der Waals surface area contributed by atoms with Crippen molar-refractivity contribution < 1.29 is 19.5 Å². The van der Waals surface area contributed by atoms with E-state index in [1.54, 1.807) is 30.3 Å². The standard InChI is InChI=1S/C15H20N2O4/c1-10(2)8-12(15(20)21)17-13(18)9-16-14(19)11-6-4-3-5-7-11/h3-7,10,12H,8-9H2,1-2H3,(H,16,19)(H,17,18)(H,20,21)/t12-/m0/s1. The van der Waals surface area contributed by atoms with Crippen molar-refractivity contribution in [2.75, 3.05) is 6.54 Å². The number of nitrogens with one attached hydrogen (secondary N) is 2. The second kappa shape index (κ2) is 8.04. The van der Waals surface area contributed by atoms with Crippen LogP contribution in [-0.4, -0.2) is 35.5 Å². The van der Waals surface area contributed by atoms with E-state index in [1.165, 1.54) is 0 Å². The molecule has 0 radical (unpaired) electrons. The summed E-state index contributed by atoms with van der Waals surface area (Å²) in [5, 5.41) is 13.9. The van der Waals surface area contributed by atoms with E-state index in [1.807, 2.05) is 13.8 Å². The molecule has 0 aliphatic heterocycles. The number of amides is 2. The molecule has 21 heavy (non-hydrogen) atoms. The largest absolute Gasteiger partial charge is 0.480 e. The summed E-state index contributed by atoms with van der Waals surface area (Å²) in [6, 6.07) is 7.55. The Morgan fingerprint density at radius 2 is 1.76 bits per heavy atom. The molecule has 0 aliphatic rings.